The normalized spacial score (nSPS) is 10.7. The first-order valence-corrected chi connectivity index (χ1v) is 4.90. The molecule has 14 heavy (non-hydrogen) atoms. The monoisotopic (exact) mass is 211 g/mol. The highest BCUT2D eigenvalue weighted by Crippen LogP contribution is 2.26. The first-order valence-electron chi connectivity index (χ1n) is 4.36. The number of rotatable bonds is 3. The number of fused-ring (bicyclic) bond motifs is 1. The molecule has 0 aliphatic carbocycles. The van der Waals surface area contributed by atoms with Crippen LogP contribution in [-0.4, -0.2) is 17.6 Å². The Morgan fingerprint density at radius 2 is 2.36 bits per heavy atom. The lowest BCUT2D eigenvalue weighted by Gasteiger charge is -1.97. The van der Waals surface area contributed by atoms with E-state index in [2.05, 4.69) is 5.16 Å². The molecule has 4 heteroatoms. The van der Waals surface area contributed by atoms with E-state index >= 15 is 0 Å². The molecule has 0 radical (unpaired) electrons. The molecule has 1 aromatic heterocycles. The van der Waals surface area contributed by atoms with E-state index in [0.717, 1.165) is 16.5 Å². The summed E-state index contributed by atoms with van der Waals surface area (Å²) < 4.78 is 10.5. The number of para-hydroxylation sites is 1. The standard InChI is InChI=1S/C10H10ClNO2/c1-7-3-2-4-8-9(7)14-12-10(8)13-6-5-11/h2-4H,5-6H2,1H3. The zero-order valence-electron chi connectivity index (χ0n) is 7.79. The molecular formula is C10H10ClNO2. The molecule has 0 aliphatic rings. The van der Waals surface area contributed by atoms with Gasteiger partial charge in [0.25, 0.3) is 5.88 Å². The smallest absolute Gasteiger partial charge is 0.262 e. The first-order chi connectivity index (χ1) is 6.83. The maximum absolute atomic E-state index is 5.52. The van der Waals surface area contributed by atoms with E-state index in [1.54, 1.807) is 0 Å². The van der Waals surface area contributed by atoms with Crippen LogP contribution in [-0.2, 0) is 0 Å². The van der Waals surface area contributed by atoms with Crippen LogP contribution in [0, 0.1) is 6.92 Å². The Balaban J connectivity index is 2.42. The summed E-state index contributed by atoms with van der Waals surface area (Å²) in [6.45, 7) is 2.41. The number of halogens is 1. The van der Waals surface area contributed by atoms with Crippen LogP contribution in [0.25, 0.3) is 11.0 Å². The number of benzene rings is 1. The van der Waals surface area contributed by atoms with Gasteiger partial charge in [0, 0.05) is 0 Å². The Kier molecular flexibility index (Phi) is 2.59. The number of aryl methyl sites for hydroxylation is 1. The SMILES string of the molecule is Cc1cccc2c(OCCCl)noc12. The molecule has 74 valence electrons. The molecule has 0 spiro atoms. The van der Waals surface area contributed by atoms with E-state index in [1.165, 1.54) is 0 Å². The molecule has 0 fully saturated rings. The Morgan fingerprint density at radius 1 is 1.50 bits per heavy atom. The Hall–Kier alpha value is -1.22. The predicted octanol–water partition coefficient (Wildman–Crippen LogP) is 2.75. The number of ether oxygens (including phenoxy) is 1. The summed E-state index contributed by atoms with van der Waals surface area (Å²) >= 11 is 5.52. The molecule has 2 aromatic rings. The summed E-state index contributed by atoms with van der Waals surface area (Å²) in [5.74, 6) is 0.963. The van der Waals surface area contributed by atoms with Crippen molar-refractivity contribution in [3.05, 3.63) is 23.8 Å². The minimum absolute atomic E-state index is 0.442. The molecule has 1 heterocycles. The zero-order valence-corrected chi connectivity index (χ0v) is 8.54. The minimum atomic E-state index is 0.442. The second-order valence-electron chi connectivity index (χ2n) is 2.98. The van der Waals surface area contributed by atoms with Gasteiger partial charge in [-0.1, -0.05) is 12.1 Å². The molecule has 2 rings (SSSR count). The Morgan fingerprint density at radius 3 is 3.14 bits per heavy atom. The molecule has 0 atom stereocenters. The maximum Gasteiger partial charge on any atom is 0.262 e. The van der Waals surface area contributed by atoms with Gasteiger partial charge < -0.3 is 9.26 Å². The van der Waals surface area contributed by atoms with Gasteiger partial charge in [-0.25, -0.2) is 0 Å². The van der Waals surface area contributed by atoms with Crippen molar-refractivity contribution in [3.63, 3.8) is 0 Å². The van der Waals surface area contributed by atoms with Crippen LogP contribution in [0.2, 0.25) is 0 Å². The summed E-state index contributed by atoms with van der Waals surface area (Å²) in [5, 5.41) is 4.74. The van der Waals surface area contributed by atoms with Crippen molar-refractivity contribution >= 4 is 22.6 Å². The highest BCUT2D eigenvalue weighted by atomic mass is 35.5. The average Bonchev–Trinajstić information content (AvgIpc) is 2.60. The highest BCUT2D eigenvalue weighted by molar-refractivity contribution is 6.18. The van der Waals surface area contributed by atoms with Crippen LogP contribution in [0.4, 0.5) is 0 Å². The fourth-order valence-electron chi connectivity index (χ4n) is 1.32. The van der Waals surface area contributed by atoms with Gasteiger partial charge in [-0.3, -0.25) is 0 Å². The molecule has 3 nitrogen and oxygen atoms in total. The summed E-state index contributed by atoms with van der Waals surface area (Å²) in [4.78, 5) is 0. The molecular weight excluding hydrogens is 202 g/mol. The van der Waals surface area contributed by atoms with Crippen molar-refractivity contribution in [1.82, 2.24) is 5.16 Å². The molecule has 0 amide bonds. The third kappa shape index (κ3) is 1.55. The summed E-state index contributed by atoms with van der Waals surface area (Å²) in [6, 6.07) is 5.84. The molecule has 0 saturated carbocycles. The van der Waals surface area contributed by atoms with E-state index < -0.39 is 0 Å². The van der Waals surface area contributed by atoms with Gasteiger partial charge in [0.05, 0.1) is 11.3 Å². The number of alkyl halides is 1. The Bertz CT molecular complexity index is 439. The third-order valence-electron chi connectivity index (χ3n) is 1.98. The summed E-state index contributed by atoms with van der Waals surface area (Å²) in [6.07, 6.45) is 0. The van der Waals surface area contributed by atoms with Gasteiger partial charge in [-0.15, -0.1) is 11.6 Å². The maximum atomic E-state index is 5.52. The van der Waals surface area contributed by atoms with Crippen LogP contribution in [0.1, 0.15) is 5.56 Å². The van der Waals surface area contributed by atoms with Crippen molar-refractivity contribution in [2.45, 2.75) is 6.92 Å². The lowest BCUT2D eigenvalue weighted by atomic mass is 10.2. The topological polar surface area (TPSA) is 35.3 Å². The summed E-state index contributed by atoms with van der Waals surface area (Å²) in [7, 11) is 0. The molecule has 0 bridgehead atoms. The second-order valence-corrected chi connectivity index (χ2v) is 3.35. The first kappa shape index (κ1) is 9.34. The summed E-state index contributed by atoms with van der Waals surface area (Å²) in [5.41, 5.74) is 1.83. The van der Waals surface area contributed by atoms with E-state index in [0.29, 0.717) is 18.4 Å². The highest BCUT2D eigenvalue weighted by Gasteiger charge is 2.09. The average molecular weight is 212 g/mol. The fourth-order valence-corrected chi connectivity index (χ4v) is 1.39. The van der Waals surface area contributed by atoms with Crippen LogP contribution in [0.3, 0.4) is 0 Å². The van der Waals surface area contributed by atoms with E-state index in [4.69, 9.17) is 20.9 Å². The largest absolute Gasteiger partial charge is 0.474 e. The molecule has 0 saturated heterocycles. The molecule has 1 aromatic carbocycles. The lowest BCUT2D eigenvalue weighted by molar-refractivity contribution is 0.303. The van der Waals surface area contributed by atoms with Crippen molar-refractivity contribution in [1.29, 1.82) is 0 Å². The van der Waals surface area contributed by atoms with E-state index in [1.807, 2.05) is 25.1 Å². The van der Waals surface area contributed by atoms with Gasteiger partial charge in [0.15, 0.2) is 5.58 Å². The van der Waals surface area contributed by atoms with E-state index in [9.17, 15) is 0 Å². The molecule has 0 unspecified atom stereocenters. The second kappa shape index (κ2) is 3.88. The van der Waals surface area contributed by atoms with Crippen molar-refractivity contribution in [3.8, 4) is 5.88 Å². The van der Waals surface area contributed by atoms with Gasteiger partial charge in [-0.2, -0.15) is 0 Å². The van der Waals surface area contributed by atoms with Crippen molar-refractivity contribution in [2.24, 2.45) is 0 Å². The fraction of sp³-hybridized carbons (Fsp3) is 0.300. The third-order valence-corrected chi connectivity index (χ3v) is 2.13. The van der Waals surface area contributed by atoms with Gasteiger partial charge in [0.1, 0.15) is 6.61 Å². The number of nitrogens with zero attached hydrogens (tertiary/aromatic N) is 1. The lowest BCUT2D eigenvalue weighted by Crippen LogP contribution is -1.98. The van der Waals surface area contributed by atoms with Crippen LogP contribution in [0.5, 0.6) is 5.88 Å². The van der Waals surface area contributed by atoms with Gasteiger partial charge in [0.2, 0.25) is 0 Å². The van der Waals surface area contributed by atoms with Crippen molar-refractivity contribution < 1.29 is 9.26 Å². The number of hydrogen-bond donors (Lipinski definition) is 0. The van der Waals surface area contributed by atoms with Crippen LogP contribution < -0.4 is 4.74 Å². The molecule has 0 N–H and O–H groups in total. The number of hydrogen-bond acceptors (Lipinski definition) is 3. The van der Waals surface area contributed by atoms with Crippen LogP contribution >= 0.6 is 11.6 Å². The minimum Gasteiger partial charge on any atom is -0.474 e. The van der Waals surface area contributed by atoms with E-state index in [-0.39, 0.29) is 0 Å². The van der Waals surface area contributed by atoms with Gasteiger partial charge in [-0.05, 0) is 23.7 Å². The van der Waals surface area contributed by atoms with Crippen LogP contribution in [0.15, 0.2) is 22.7 Å². The van der Waals surface area contributed by atoms with Crippen molar-refractivity contribution in [2.75, 3.05) is 12.5 Å². The molecule has 0 aliphatic heterocycles. The zero-order chi connectivity index (χ0) is 9.97. The quantitative estimate of drug-likeness (QED) is 0.733. The number of aromatic nitrogens is 1. The van der Waals surface area contributed by atoms with Gasteiger partial charge >= 0.3 is 0 Å². The Labute approximate surface area is 86.6 Å². The predicted molar refractivity (Wildman–Crippen MR) is 55.0 cm³/mol.